The van der Waals surface area contributed by atoms with Gasteiger partial charge in [0.25, 0.3) is 0 Å². The van der Waals surface area contributed by atoms with Crippen LogP contribution in [-0.4, -0.2) is 42.3 Å². The SMILES string of the molecule is CC(C)C(=O)Nc1nc(O)c2c(CC(=O)O)n[nH]c2n1. The molecule has 106 valence electrons. The third-order valence-corrected chi connectivity index (χ3v) is 2.55. The Hall–Kier alpha value is -2.71. The van der Waals surface area contributed by atoms with Crippen molar-refractivity contribution in [2.75, 3.05) is 5.32 Å². The first kappa shape index (κ1) is 13.7. The number of aromatic amines is 1. The van der Waals surface area contributed by atoms with Crippen LogP contribution in [0.15, 0.2) is 0 Å². The first-order valence-corrected chi connectivity index (χ1v) is 5.85. The van der Waals surface area contributed by atoms with E-state index >= 15 is 0 Å². The molecule has 0 spiro atoms. The number of nitrogens with zero attached hydrogens (tertiary/aromatic N) is 3. The summed E-state index contributed by atoms with van der Waals surface area (Å²) in [6.07, 6.45) is -0.366. The van der Waals surface area contributed by atoms with E-state index in [1.54, 1.807) is 13.8 Å². The average Bonchev–Trinajstić information content (AvgIpc) is 2.71. The molecular formula is C11H13N5O4. The van der Waals surface area contributed by atoms with Gasteiger partial charge in [-0.2, -0.15) is 15.1 Å². The van der Waals surface area contributed by atoms with E-state index in [1.165, 1.54) is 0 Å². The predicted octanol–water partition coefficient (Wildman–Crippen LogP) is 0.280. The third-order valence-electron chi connectivity index (χ3n) is 2.55. The van der Waals surface area contributed by atoms with Gasteiger partial charge in [0.15, 0.2) is 5.65 Å². The van der Waals surface area contributed by atoms with Gasteiger partial charge >= 0.3 is 5.97 Å². The molecule has 0 unspecified atom stereocenters. The zero-order chi connectivity index (χ0) is 14.9. The van der Waals surface area contributed by atoms with Crippen LogP contribution in [0.3, 0.4) is 0 Å². The molecule has 0 aliphatic heterocycles. The zero-order valence-electron chi connectivity index (χ0n) is 10.8. The molecule has 0 saturated carbocycles. The molecule has 0 aliphatic carbocycles. The number of hydrogen-bond acceptors (Lipinski definition) is 6. The third kappa shape index (κ3) is 2.66. The molecule has 0 saturated heterocycles. The van der Waals surface area contributed by atoms with Gasteiger partial charge in [-0.15, -0.1) is 0 Å². The molecular weight excluding hydrogens is 266 g/mol. The summed E-state index contributed by atoms with van der Waals surface area (Å²) in [4.78, 5) is 29.9. The summed E-state index contributed by atoms with van der Waals surface area (Å²) in [6.45, 7) is 3.41. The van der Waals surface area contributed by atoms with Crippen molar-refractivity contribution in [3.63, 3.8) is 0 Å². The van der Waals surface area contributed by atoms with Gasteiger partial charge in [0, 0.05) is 5.92 Å². The van der Waals surface area contributed by atoms with Crippen molar-refractivity contribution in [1.29, 1.82) is 0 Å². The fraction of sp³-hybridized carbons (Fsp3) is 0.364. The van der Waals surface area contributed by atoms with E-state index in [1.807, 2.05) is 0 Å². The average molecular weight is 279 g/mol. The standard InChI is InChI=1S/C11H13N5O4/c1-4(2)9(19)13-11-12-8-7(10(20)14-11)5(15-16-8)3-6(17)18/h4H,3H2,1-2H3,(H,17,18)(H3,12,13,14,15,16,19,20). The minimum atomic E-state index is -1.09. The van der Waals surface area contributed by atoms with Crippen molar-refractivity contribution in [2.24, 2.45) is 5.92 Å². The Morgan fingerprint density at radius 3 is 2.65 bits per heavy atom. The number of aromatic hydroxyl groups is 1. The molecule has 0 bridgehead atoms. The van der Waals surface area contributed by atoms with E-state index < -0.39 is 11.8 Å². The number of aromatic nitrogens is 4. The fourth-order valence-electron chi connectivity index (χ4n) is 1.55. The lowest BCUT2D eigenvalue weighted by atomic mass is 10.2. The van der Waals surface area contributed by atoms with Crippen LogP contribution in [-0.2, 0) is 16.0 Å². The number of carboxylic acids is 1. The predicted molar refractivity (Wildman–Crippen MR) is 68.2 cm³/mol. The second kappa shape index (κ2) is 5.11. The quantitative estimate of drug-likeness (QED) is 0.629. The number of amides is 1. The van der Waals surface area contributed by atoms with E-state index in [0.717, 1.165) is 0 Å². The molecule has 1 amide bonds. The van der Waals surface area contributed by atoms with Crippen LogP contribution < -0.4 is 5.32 Å². The maximum atomic E-state index is 11.5. The highest BCUT2D eigenvalue weighted by Gasteiger charge is 2.18. The zero-order valence-corrected chi connectivity index (χ0v) is 10.8. The summed E-state index contributed by atoms with van der Waals surface area (Å²) in [5.41, 5.74) is 0.291. The van der Waals surface area contributed by atoms with E-state index in [9.17, 15) is 14.7 Å². The molecule has 0 aliphatic rings. The second-order valence-corrected chi connectivity index (χ2v) is 4.48. The van der Waals surface area contributed by atoms with Crippen molar-refractivity contribution in [1.82, 2.24) is 20.2 Å². The number of hydrogen-bond donors (Lipinski definition) is 4. The maximum Gasteiger partial charge on any atom is 0.309 e. The van der Waals surface area contributed by atoms with Gasteiger partial charge in [-0.25, -0.2) is 0 Å². The Morgan fingerprint density at radius 2 is 2.05 bits per heavy atom. The Balaban J connectivity index is 2.39. The van der Waals surface area contributed by atoms with Crippen molar-refractivity contribution in [3.05, 3.63) is 5.69 Å². The topological polar surface area (TPSA) is 141 Å². The first-order chi connectivity index (χ1) is 9.38. The first-order valence-electron chi connectivity index (χ1n) is 5.85. The number of nitrogens with one attached hydrogen (secondary N) is 2. The van der Waals surface area contributed by atoms with Gasteiger partial charge in [-0.3, -0.25) is 20.0 Å². The fourth-order valence-corrected chi connectivity index (χ4v) is 1.55. The monoisotopic (exact) mass is 279 g/mol. The second-order valence-electron chi connectivity index (χ2n) is 4.48. The van der Waals surface area contributed by atoms with Crippen molar-refractivity contribution < 1.29 is 19.8 Å². The molecule has 20 heavy (non-hydrogen) atoms. The molecule has 4 N–H and O–H groups in total. The van der Waals surface area contributed by atoms with Gasteiger partial charge in [0.1, 0.15) is 5.39 Å². The number of fused-ring (bicyclic) bond motifs is 1. The molecule has 0 fully saturated rings. The highest BCUT2D eigenvalue weighted by Crippen LogP contribution is 2.25. The lowest BCUT2D eigenvalue weighted by molar-refractivity contribution is -0.136. The number of aliphatic carboxylic acids is 1. The summed E-state index contributed by atoms with van der Waals surface area (Å²) in [7, 11) is 0. The highest BCUT2D eigenvalue weighted by atomic mass is 16.4. The van der Waals surface area contributed by atoms with E-state index in [2.05, 4.69) is 25.5 Å². The Labute approximate surface area is 113 Å². The Bertz CT molecular complexity index is 679. The minimum absolute atomic E-state index is 0.0702. The number of anilines is 1. The number of H-pyrrole nitrogens is 1. The molecule has 0 aromatic carbocycles. The summed E-state index contributed by atoms with van der Waals surface area (Å²) < 4.78 is 0. The molecule has 2 rings (SSSR count). The van der Waals surface area contributed by atoms with Gasteiger partial charge in [-0.1, -0.05) is 13.8 Å². The molecule has 2 aromatic heterocycles. The van der Waals surface area contributed by atoms with E-state index in [4.69, 9.17) is 5.11 Å². The van der Waals surface area contributed by atoms with Crippen LogP contribution in [0.25, 0.3) is 11.0 Å². The van der Waals surface area contributed by atoms with Gasteiger partial charge in [0.05, 0.1) is 12.1 Å². The van der Waals surface area contributed by atoms with Crippen LogP contribution in [0.5, 0.6) is 5.88 Å². The Morgan fingerprint density at radius 1 is 1.35 bits per heavy atom. The highest BCUT2D eigenvalue weighted by molar-refractivity contribution is 5.92. The van der Waals surface area contributed by atoms with Crippen LogP contribution in [0.4, 0.5) is 5.95 Å². The maximum absolute atomic E-state index is 11.5. The number of carbonyl (C=O) groups is 2. The van der Waals surface area contributed by atoms with E-state index in [-0.39, 0.29) is 40.9 Å². The normalized spacial score (nSPS) is 10.9. The smallest absolute Gasteiger partial charge is 0.309 e. The lowest BCUT2D eigenvalue weighted by Crippen LogP contribution is -2.19. The van der Waals surface area contributed by atoms with Crippen molar-refractivity contribution >= 4 is 28.9 Å². The molecule has 0 atom stereocenters. The van der Waals surface area contributed by atoms with Crippen molar-refractivity contribution in [2.45, 2.75) is 20.3 Å². The molecule has 2 heterocycles. The van der Waals surface area contributed by atoms with Crippen LogP contribution in [0.2, 0.25) is 0 Å². The van der Waals surface area contributed by atoms with Crippen molar-refractivity contribution in [3.8, 4) is 5.88 Å². The van der Waals surface area contributed by atoms with Crippen LogP contribution in [0.1, 0.15) is 19.5 Å². The van der Waals surface area contributed by atoms with E-state index in [0.29, 0.717) is 0 Å². The summed E-state index contributed by atoms with van der Waals surface area (Å²) in [6, 6.07) is 0. The van der Waals surface area contributed by atoms with Gasteiger partial charge in [-0.05, 0) is 0 Å². The molecule has 0 radical (unpaired) electrons. The van der Waals surface area contributed by atoms with Gasteiger partial charge < -0.3 is 10.2 Å². The minimum Gasteiger partial charge on any atom is -0.493 e. The van der Waals surface area contributed by atoms with Crippen LogP contribution >= 0.6 is 0 Å². The lowest BCUT2D eigenvalue weighted by Gasteiger charge is -2.06. The molecule has 9 nitrogen and oxygen atoms in total. The molecule has 2 aromatic rings. The number of carboxylic acid groups (broad SMARTS) is 1. The summed E-state index contributed by atoms with van der Waals surface area (Å²) >= 11 is 0. The number of carbonyl (C=O) groups excluding carboxylic acids is 1. The Kier molecular flexibility index (Phi) is 3.51. The van der Waals surface area contributed by atoms with Gasteiger partial charge in [0.2, 0.25) is 17.7 Å². The molecule has 9 heteroatoms. The number of rotatable bonds is 4. The summed E-state index contributed by atoms with van der Waals surface area (Å²) in [5.74, 6) is -2.15. The van der Waals surface area contributed by atoms with Crippen LogP contribution in [0, 0.1) is 5.92 Å². The largest absolute Gasteiger partial charge is 0.493 e. The summed E-state index contributed by atoms with van der Waals surface area (Å²) in [5, 5.41) is 27.4.